The van der Waals surface area contributed by atoms with Gasteiger partial charge in [-0.2, -0.15) is 5.10 Å². The van der Waals surface area contributed by atoms with Gasteiger partial charge in [0.25, 0.3) is 0 Å². The Balaban J connectivity index is 0.00000280. The van der Waals surface area contributed by atoms with E-state index in [2.05, 4.69) is 40.4 Å². The number of hydrogen-bond acceptors (Lipinski definition) is 4. The van der Waals surface area contributed by atoms with Gasteiger partial charge in [-0.15, -0.1) is 24.0 Å². The fourth-order valence-electron chi connectivity index (χ4n) is 3.25. The number of nitrogens with zero attached hydrogens (tertiary/aromatic N) is 4. The van der Waals surface area contributed by atoms with E-state index in [4.69, 9.17) is 9.47 Å². The number of rotatable bonds is 5. The molecule has 0 saturated carbocycles. The molecule has 0 spiro atoms. The van der Waals surface area contributed by atoms with Gasteiger partial charge in [0.05, 0.1) is 12.2 Å². The Morgan fingerprint density at radius 2 is 2.07 bits per heavy atom. The molecule has 1 atom stereocenters. The minimum absolute atomic E-state index is 0. The number of fused-ring (bicyclic) bond motifs is 1. The minimum Gasteiger partial charge on any atom is -0.486 e. The molecule has 1 aromatic carbocycles. The molecular weight excluding hydrogens is 469 g/mol. The Bertz CT molecular complexity index is 806. The highest BCUT2D eigenvalue weighted by Gasteiger charge is 2.21. The first-order chi connectivity index (χ1) is 13.0. The quantitative estimate of drug-likeness (QED) is 0.390. The maximum absolute atomic E-state index is 6.00. The molecule has 1 aliphatic rings. The molecule has 0 aliphatic carbocycles. The molecule has 0 amide bonds. The number of benzene rings is 1. The van der Waals surface area contributed by atoms with E-state index in [0.29, 0.717) is 19.1 Å². The van der Waals surface area contributed by atoms with Gasteiger partial charge in [0, 0.05) is 39.4 Å². The molecule has 28 heavy (non-hydrogen) atoms. The van der Waals surface area contributed by atoms with E-state index in [1.54, 1.807) is 7.05 Å². The summed E-state index contributed by atoms with van der Waals surface area (Å²) in [4.78, 5) is 6.50. The molecule has 0 saturated heterocycles. The second-order valence-corrected chi connectivity index (χ2v) is 7.15. The fraction of sp³-hybridized carbons (Fsp3) is 0.500. The summed E-state index contributed by atoms with van der Waals surface area (Å²) in [6, 6.07) is 7.75. The highest BCUT2D eigenvalue weighted by atomic mass is 127. The standard InChI is InChI=1S/C20H29N5O2.HI/c1-14(2)19-15(12-25(5)23-19)11-24(4)20(21-3)22-10-16-13-26-17-8-6-7-9-18(17)27-16;/h6-9,12,14,16H,10-11,13H2,1-5H3,(H,21,22);1H. The smallest absolute Gasteiger partial charge is 0.193 e. The number of hydrogen-bond donors (Lipinski definition) is 1. The zero-order valence-corrected chi connectivity index (χ0v) is 19.5. The van der Waals surface area contributed by atoms with Gasteiger partial charge < -0.3 is 19.7 Å². The minimum atomic E-state index is -0.0605. The van der Waals surface area contributed by atoms with Crippen molar-refractivity contribution >= 4 is 29.9 Å². The molecule has 0 bridgehead atoms. The topological polar surface area (TPSA) is 63.9 Å². The van der Waals surface area contributed by atoms with Gasteiger partial charge in [-0.05, 0) is 18.1 Å². The third-order valence-corrected chi connectivity index (χ3v) is 4.52. The van der Waals surface area contributed by atoms with Crippen LogP contribution in [0.2, 0.25) is 0 Å². The van der Waals surface area contributed by atoms with E-state index in [1.807, 2.05) is 43.0 Å². The van der Waals surface area contributed by atoms with Crippen molar-refractivity contribution in [1.82, 2.24) is 20.0 Å². The lowest BCUT2D eigenvalue weighted by Crippen LogP contribution is -2.45. The molecular formula is C20H30IN5O2. The number of nitrogens with one attached hydrogen (secondary N) is 1. The third-order valence-electron chi connectivity index (χ3n) is 4.52. The Morgan fingerprint density at radius 3 is 2.75 bits per heavy atom. The number of halogens is 1. The summed E-state index contributed by atoms with van der Waals surface area (Å²) < 4.78 is 13.7. The Labute approximate surface area is 184 Å². The lowest BCUT2D eigenvalue weighted by molar-refractivity contribution is 0.0932. The molecule has 0 fully saturated rings. The summed E-state index contributed by atoms with van der Waals surface area (Å²) in [6.07, 6.45) is 2.02. The number of aryl methyl sites for hydroxylation is 1. The van der Waals surface area contributed by atoms with Crippen molar-refractivity contribution in [3.05, 3.63) is 41.7 Å². The summed E-state index contributed by atoms with van der Waals surface area (Å²) in [5.74, 6) is 2.79. The van der Waals surface area contributed by atoms with Crippen LogP contribution in [0.25, 0.3) is 0 Å². The SMILES string of the molecule is CN=C(NCC1COc2ccccc2O1)N(C)Cc1cn(C)nc1C(C)C.I. The van der Waals surface area contributed by atoms with Crippen LogP contribution in [0.5, 0.6) is 11.5 Å². The van der Waals surface area contributed by atoms with Crippen molar-refractivity contribution < 1.29 is 9.47 Å². The van der Waals surface area contributed by atoms with E-state index in [0.717, 1.165) is 29.7 Å². The predicted molar refractivity (Wildman–Crippen MR) is 122 cm³/mol. The van der Waals surface area contributed by atoms with E-state index in [-0.39, 0.29) is 30.1 Å². The van der Waals surface area contributed by atoms with Crippen molar-refractivity contribution in [1.29, 1.82) is 0 Å². The number of para-hydroxylation sites is 2. The van der Waals surface area contributed by atoms with Gasteiger partial charge in [-0.3, -0.25) is 9.67 Å². The van der Waals surface area contributed by atoms with Crippen LogP contribution in [0, 0.1) is 0 Å². The maximum Gasteiger partial charge on any atom is 0.193 e. The summed E-state index contributed by atoms with van der Waals surface area (Å²) in [5, 5.41) is 7.97. The van der Waals surface area contributed by atoms with Gasteiger partial charge >= 0.3 is 0 Å². The first kappa shape index (κ1) is 22.3. The van der Waals surface area contributed by atoms with Crippen molar-refractivity contribution in [3.63, 3.8) is 0 Å². The number of ether oxygens (including phenoxy) is 2. The predicted octanol–water partition coefficient (Wildman–Crippen LogP) is 3.01. The van der Waals surface area contributed by atoms with Crippen LogP contribution in [0.3, 0.4) is 0 Å². The molecule has 1 unspecified atom stereocenters. The second kappa shape index (κ2) is 9.99. The van der Waals surface area contributed by atoms with Crippen LogP contribution in [0.15, 0.2) is 35.5 Å². The van der Waals surface area contributed by atoms with Crippen LogP contribution in [-0.2, 0) is 13.6 Å². The monoisotopic (exact) mass is 499 g/mol. The van der Waals surface area contributed by atoms with Gasteiger partial charge in [0.2, 0.25) is 0 Å². The zero-order valence-electron chi connectivity index (χ0n) is 17.2. The molecule has 1 aliphatic heterocycles. The maximum atomic E-state index is 6.00. The number of guanidine groups is 1. The van der Waals surface area contributed by atoms with Crippen molar-refractivity contribution in [2.75, 3.05) is 27.2 Å². The molecule has 7 nitrogen and oxygen atoms in total. The fourth-order valence-corrected chi connectivity index (χ4v) is 3.25. The molecule has 0 radical (unpaired) electrons. The lowest BCUT2D eigenvalue weighted by Gasteiger charge is -2.28. The molecule has 2 heterocycles. The van der Waals surface area contributed by atoms with E-state index >= 15 is 0 Å². The summed E-state index contributed by atoms with van der Waals surface area (Å²) in [5.41, 5.74) is 2.34. The van der Waals surface area contributed by atoms with Gasteiger partial charge in [0.1, 0.15) is 12.7 Å². The number of aromatic nitrogens is 2. The molecule has 1 N–H and O–H groups in total. The van der Waals surface area contributed by atoms with Crippen LogP contribution >= 0.6 is 24.0 Å². The first-order valence-electron chi connectivity index (χ1n) is 9.30. The molecule has 8 heteroatoms. The Morgan fingerprint density at radius 1 is 1.36 bits per heavy atom. The van der Waals surface area contributed by atoms with Crippen molar-refractivity contribution in [3.8, 4) is 11.5 Å². The summed E-state index contributed by atoms with van der Waals surface area (Å²) >= 11 is 0. The molecule has 1 aromatic heterocycles. The van der Waals surface area contributed by atoms with E-state index in [9.17, 15) is 0 Å². The second-order valence-electron chi connectivity index (χ2n) is 7.15. The molecule has 154 valence electrons. The largest absolute Gasteiger partial charge is 0.486 e. The summed E-state index contributed by atoms with van der Waals surface area (Å²) in [6.45, 7) is 6.21. The molecule has 2 aromatic rings. The first-order valence-corrected chi connectivity index (χ1v) is 9.30. The van der Waals surface area contributed by atoms with Crippen molar-refractivity contribution in [2.45, 2.75) is 32.4 Å². The summed E-state index contributed by atoms with van der Waals surface area (Å²) in [7, 11) is 5.78. The normalized spacial score (nSPS) is 15.9. The average Bonchev–Trinajstić information content (AvgIpc) is 3.02. The Hall–Kier alpha value is -1.97. The lowest BCUT2D eigenvalue weighted by atomic mass is 10.1. The van der Waals surface area contributed by atoms with Gasteiger partial charge in [-0.25, -0.2) is 0 Å². The van der Waals surface area contributed by atoms with Crippen LogP contribution < -0.4 is 14.8 Å². The average molecular weight is 499 g/mol. The van der Waals surface area contributed by atoms with Crippen molar-refractivity contribution in [2.24, 2.45) is 12.0 Å². The third kappa shape index (κ3) is 5.30. The highest BCUT2D eigenvalue weighted by molar-refractivity contribution is 14.0. The van der Waals surface area contributed by atoms with Gasteiger partial charge in [0.15, 0.2) is 17.5 Å². The van der Waals surface area contributed by atoms with Crippen LogP contribution in [-0.4, -0.2) is 54.0 Å². The van der Waals surface area contributed by atoms with Crippen LogP contribution in [0.1, 0.15) is 31.0 Å². The van der Waals surface area contributed by atoms with Gasteiger partial charge in [-0.1, -0.05) is 26.0 Å². The highest BCUT2D eigenvalue weighted by Crippen LogP contribution is 2.30. The molecule has 3 rings (SSSR count). The van der Waals surface area contributed by atoms with Crippen LogP contribution in [0.4, 0.5) is 0 Å². The Kier molecular flexibility index (Phi) is 7.97. The van der Waals surface area contributed by atoms with E-state index in [1.165, 1.54) is 5.56 Å². The van der Waals surface area contributed by atoms with E-state index < -0.39 is 0 Å². The number of aliphatic imine (C=N–C) groups is 1. The zero-order chi connectivity index (χ0) is 19.4.